The molecular formula is C43H27NO2. The van der Waals surface area contributed by atoms with Crippen LogP contribution in [0.2, 0.25) is 0 Å². The van der Waals surface area contributed by atoms with E-state index < -0.39 is 5.41 Å². The molecule has 7 aromatic carbocycles. The van der Waals surface area contributed by atoms with Gasteiger partial charge in [0.25, 0.3) is 0 Å². The molecule has 0 amide bonds. The van der Waals surface area contributed by atoms with Gasteiger partial charge in [0.15, 0.2) is 0 Å². The number of para-hydroxylation sites is 1. The molecule has 216 valence electrons. The molecule has 1 aromatic heterocycles. The average Bonchev–Trinajstić information content (AvgIpc) is 3.64. The zero-order chi connectivity index (χ0) is 30.2. The minimum atomic E-state index is -0.528. The van der Waals surface area contributed by atoms with Crippen molar-refractivity contribution in [2.24, 2.45) is 0 Å². The predicted molar refractivity (Wildman–Crippen MR) is 186 cm³/mol. The van der Waals surface area contributed by atoms with E-state index in [9.17, 15) is 0 Å². The standard InChI is InChI=1S/C43H27NO2/c1-2-11-27(12-3-1)28-21-24-39-36(25-28)43(33-16-7-4-13-30(33)31-14-5-8-17-34(31)43)35-23-22-29(26-41(35)46-39)44-37-18-10-20-40-42(37)32-15-6-9-19-38(32)45-40/h1-26,44H. The summed E-state index contributed by atoms with van der Waals surface area (Å²) in [6, 6.07) is 55.9. The molecule has 0 atom stereocenters. The van der Waals surface area contributed by atoms with Crippen molar-refractivity contribution in [3.05, 3.63) is 180 Å². The number of anilines is 2. The van der Waals surface area contributed by atoms with Gasteiger partial charge in [-0.1, -0.05) is 115 Å². The first kappa shape index (κ1) is 25.3. The smallest absolute Gasteiger partial charge is 0.137 e. The maximum Gasteiger partial charge on any atom is 0.137 e. The summed E-state index contributed by atoms with van der Waals surface area (Å²) in [5.41, 5.74) is 12.9. The Morgan fingerprint density at radius 3 is 2.00 bits per heavy atom. The summed E-state index contributed by atoms with van der Waals surface area (Å²) in [6.07, 6.45) is 0. The molecule has 0 fully saturated rings. The van der Waals surface area contributed by atoms with Crippen molar-refractivity contribution in [2.45, 2.75) is 5.41 Å². The van der Waals surface area contributed by atoms with Gasteiger partial charge in [-0.25, -0.2) is 0 Å². The Labute approximate surface area is 266 Å². The number of hydrogen-bond donors (Lipinski definition) is 1. The first-order valence-electron chi connectivity index (χ1n) is 15.7. The summed E-state index contributed by atoms with van der Waals surface area (Å²) >= 11 is 0. The van der Waals surface area contributed by atoms with Crippen LogP contribution in [0.3, 0.4) is 0 Å². The average molecular weight is 590 g/mol. The summed E-state index contributed by atoms with van der Waals surface area (Å²) < 4.78 is 13.0. The van der Waals surface area contributed by atoms with Crippen LogP contribution in [-0.2, 0) is 5.41 Å². The summed E-state index contributed by atoms with van der Waals surface area (Å²) in [5.74, 6) is 1.72. The van der Waals surface area contributed by atoms with Gasteiger partial charge in [-0.3, -0.25) is 0 Å². The van der Waals surface area contributed by atoms with E-state index >= 15 is 0 Å². The van der Waals surface area contributed by atoms with Crippen molar-refractivity contribution < 1.29 is 9.15 Å². The zero-order valence-electron chi connectivity index (χ0n) is 24.8. The second kappa shape index (κ2) is 9.47. The predicted octanol–water partition coefficient (Wildman–Crippen LogP) is 11.5. The van der Waals surface area contributed by atoms with Crippen molar-refractivity contribution >= 4 is 33.3 Å². The van der Waals surface area contributed by atoms with E-state index in [0.717, 1.165) is 55.9 Å². The highest BCUT2D eigenvalue weighted by Gasteiger charge is 2.51. The molecule has 46 heavy (non-hydrogen) atoms. The van der Waals surface area contributed by atoms with E-state index in [2.05, 4.69) is 139 Å². The van der Waals surface area contributed by atoms with Crippen LogP contribution < -0.4 is 10.1 Å². The van der Waals surface area contributed by atoms with Gasteiger partial charge in [0.2, 0.25) is 0 Å². The van der Waals surface area contributed by atoms with Crippen molar-refractivity contribution in [2.75, 3.05) is 5.32 Å². The van der Waals surface area contributed by atoms with Gasteiger partial charge in [0.05, 0.1) is 16.5 Å². The molecule has 2 aliphatic rings. The fourth-order valence-electron chi connectivity index (χ4n) is 7.83. The third-order valence-corrected chi connectivity index (χ3v) is 9.73. The molecule has 1 aliphatic heterocycles. The van der Waals surface area contributed by atoms with Gasteiger partial charge in [-0.15, -0.1) is 0 Å². The molecule has 0 bridgehead atoms. The Hall–Kier alpha value is -6.06. The number of fused-ring (bicyclic) bond motifs is 12. The van der Waals surface area contributed by atoms with E-state index in [1.54, 1.807) is 0 Å². The molecule has 3 nitrogen and oxygen atoms in total. The fourth-order valence-corrected chi connectivity index (χ4v) is 7.83. The number of ether oxygens (including phenoxy) is 1. The van der Waals surface area contributed by atoms with Crippen LogP contribution >= 0.6 is 0 Å². The molecule has 0 radical (unpaired) electrons. The van der Waals surface area contributed by atoms with Gasteiger partial charge >= 0.3 is 0 Å². The number of nitrogens with one attached hydrogen (secondary N) is 1. The summed E-state index contributed by atoms with van der Waals surface area (Å²) in [4.78, 5) is 0. The third kappa shape index (κ3) is 3.43. The monoisotopic (exact) mass is 589 g/mol. The Morgan fingerprint density at radius 2 is 1.17 bits per heavy atom. The lowest BCUT2D eigenvalue weighted by atomic mass is 9.65. The topological polar surface area (TPSA) is 34.4 Å². The van der Waals surface area contributed by atoms with Crippen LogP contribution in [-0.4, -0.2) is 0 Å². The van der Waals surface area contributed by atoms with Gasteiger partial charge in [-0.2, -0.15) is 0 Å². The van der Waals surface area contributed by atoms with Crippen LogP contribution in [0, 0.1) is 0 Å². The molecule has 0 saturated carbocycles. The number of rotatable bonds is 3. The molecular weight excluding hydrogens is 562 g/mol. The minimum absolute atomic E-state index is 0.528. The largest absolute Gasteiger partial charge is 0.457 e. The van der Waals surface area contributed by atoms with Crippen molar-refractivity contribution in [3.63, 3.8) is 0 Å². The van der Waals surface area contributed by atoms with Gasteiger partial charge < -0.3 is 14.5 Å². The second-order valence-electron chi connectivity index (χ2n) is 12.1. The maximum atomic E-state index is 6.85. The molecule has 1 spiro atoms. The van der Waals surface area contributed by atoms with Crippen LogP contribution in [0.5, 0.6) is 11.5 Å². The second-order valence-corrected chi connectivity index (χ2v) is 12.1. The maximum absolute atomic E-state index is 6.85. The normalized spacial score (nSPS) is 13.6. The Bertz CT molecular complexity index is 2440. The van der Waals surface area contributed by atoms with Crippen molar-refractivity contribution in [1.29, 1.82) is 0 Å². The Kier molecular flexibility index (Phi) is 5.20. The quantitative estimate of drug-likeness (QED) is 0.223. The first-order chi connectivity index (χ1) is 22.8. The SMILES string of the molecule is c1ccc(-c2ccc3c(c2)C2(c4ccc(Nc5cccc6oc7ccccc7c56)cc4O3)c3ccccc3-c3ccccc32)cc1. The first-order valence-corrected chi connectivity index (χ1v) is 15.7. The number of hydrogen-bond acceptors (Lipinski definition) is 3. The molecule has 1 N–H and O–H groups in total. The molecule has 1 aliphatic carbocycles. The highest BCUT2D eigenvalue weighted by atomic mass is 16.5. The summed E-state index contributed by atoms with van der Waals surface area (Å²) in [7, 11) is 0. The highest BCUT2D eigenvalue weighted by Crippen LogP contribution is 2.62. The van der Waals surface area contributed by atoms with Crippen molar-refractivity contribution in [1.82, 2.24) is 0 Å². The number of benzene rings is 7. The highest BCUT2D eigenvalue weighted by molar-refractivity contribution is 6.12. The summed E-state index contributed by atoms with van der Waals surface area (Å²) in [5, 5.41) is 5.88. The Morgan fingerprint density at radius 1 is 0.457 bits per heavy atom. The fraction of sp³-hybridized carbons (Fsp3) is 0.0233. The molecule has 0 unspecified atom stereocenters. The van der Waals surface area contributed by atoms with Gasteiger partial charge in [0.1, 0.15) is 22.7 Å². The van der Waals surface area contributed by atoms with Crippen LogP contribution in [0.25, 0.3) is 44.2 Å². The Balaban J connectivity index is 1.20. The van der Waals surface area contributed by atoms with Gasteiger partial charge in [-0.05, 0) is 69.8 Å². The van der Waals surface area contributed by atoms with E-state index in [4.69, 9.17) is 9.15 Å². The molecule has 8 aromatic rings. The van der Waals surface area contributed by atoms with E-state index in [-0.39, 0.29) is 0 Å². The van der Waals surface area contributed by atoms with E-state index in [1.165, 1.54) is 33.4 Å². The van der Waals surface area contributed by atoms with Crippen LogP contribution in [0.1, 0.15) is 22.3 Å². The van der Waals surface area contributed by atoms with Crippen LogP contribution in [0.15, 0.2) is 162 Å². The molecule has 0 saturated heterocycles. The lowest BCUT2D eigenvalue weighted by Crippen LogP contribution is -2.32. The minimum Gasteiger partial charge on any atom is -0.457 e. The molecule has 10 rings (SSSR count). The van der Waals surface area contributed by atoms with E-state index in [1.807, 2.05) is 24.3 Å². The van der Waals surface area contributed by atoms with Crippen molar-refractivity contribution in [3.8, 4) is 33.8 Å². The van der Waals surface area contributed by atoms with E-state index in [0.29, 0.717) is 0 Å². The summed E-state index contributed by atoms with van der Waals surface area (Å²) in [6.45, 7) is 0. The molecule has 2 heterocycles. The lowest BCUT2D eigenvalue weighted by molar-refractivity contribution is 0.437. The number of furan rings is 1. The molecule has 3 heteroatoms. The van der Waals surface area contributed by atoms with Crippen LogP contribution in [0.4, 0.5) is 11.4 Å². The third-order valence-electron chi connectivity index (χ3n) is 9.73. The zero-order valence-corrected chi connectivity index (χ0v) is 24.8. The van der Waals surface area contributed by atoms with Gasteiger partial charge in [0, 0.05) is 28.3 Å². The lowest BCUT2D eigenvalue weighted by Gasteiger charge is -2.39.